The van der Waals surface area contributed by atoms with Gasteiger partial charge in [0, 0.05) is 5.56 Å². The Kier molecular flexibility index (Phi) is 6.74. The number of rotatable bonds is 6. The summed E-state index contributed by atoms with van der Waals surface area (Å²) in [6.07, 6.45) is 0. The molecule has 0 atom stereocenters. The van der Waals surface area contributed by atoms with E-state index in [1.54, 1.807) is 25.3 Å². The fourth-order valence-electron chi connectivity index (χ4n) is 1.52. The maximum absolute atomic E-state index is 12.0. The maximum atomic E-state index is 12.0. The number of benzene rings is 1. The Bertz CT molecular complexity index is 523. The third-order valence-electron chi connectivity index (χ3n) is 2.35. The minimum atomic E-state index is -0.498. The van der Waals surface area contributed by atoms with E-state index >= 15 is 0 Å². The normalized spacial score (nSPS) is 11.1. The highest BCUT2D eigenvalue weighted by Crippen LogP contribution is 2.26. The molecule has 0 aromatic heterocycles. The van der Waals surface area contributed by atoms with Crippen molar-refractivity contribution in [2.75, 3.05) is 18.6 Å². The van der Waals surface area contributed by atoms with Crippen molar-refractivity contribution < 1.29 is 19.1 Å². The van der Waals surface area contributed by atoms with Crippen molar-refractivity contribution in [2.24, 2.45) is 0 Å². The molecule has 0 radical (unpaired) electrons. The van der Waals surface area contributed by atoms with Crippen LogP contribution in [0.3, 0.4) is 0 Å². The third-order valence-corrected chi connectivity index (χ3v) is 3.87. The molecule has 1 aromatic rings. The number of esters is 1. The van der Waals surface area contributed by atoms with Crippen LogP contribution in [0.4, 0.5) is 0 Å². The van der Waals surface area contributed by atoms with Crippen LogP contribution in [0.25, 0.3) is 0 Å². The standard InChI is InChI=1S/C15H19BrO4S/c1-15(2,3)20-14(18)9-21-8-12(17)10-5-6-13(19-4)11(16)7-10/h5-7H,8-9H2,1-4H3. The lowest BCUT2D eigenvalue weighted by Gasteiger charge is -2.19. The van der Waals surface area contributed by atoms with E-state index in [0.717, 1.165) is 4.47 Å². The minimum absolute atomic E-state index is 0.0353. The van der Waals surface area contributed by atoms with Gasteiger partial charge in [-0.2, -0.15) is 0 Å². The lowest BCUT2D eigenvalue weighted by Crippen LogP contribution is -2.25. The first-order chi connectivity index (χ1) is 9.73. The van der Waals surface area contributed by atoms with Gasteiger partial charge in [-0.25, -0.2) is 0 Å². The summed E-state index contributed by atoms with van der Waals surface area (Å²) in [5, 5.41) is 0. The average Bonchev–Trinajstić information content (AvgIpc) is 2.36. The monoisotopic (exact) mass is 374 g/mol. The van der Waals surface area contributed by atoms with Crippen LogP contribution in [-0.4, -0.2) is 36.0 Å². The van der Waals surface area contributed by atoms with E-state index in [-0.39, 0.29) is 23.3 Å². The van der Waals surface area contributed by atoms with Gasteiger partial charge < -0.3 is 9.47 Å². The zero-order valence-corrected chi connectivity index (χ0v) is 15.0. The number of hydrogen-bond donors (Lipinski definition) is 0. The van der Waals surface area contributed by atoms with Gasteiger partial charge in [0.05, 0.1) is 23.1 Å². The Morgan fingerprint density at radius 1 is 1.24 bits per heavy atom. The van der Waals surface area contributed by atoms with Gasteiger partial charge in [0.15, 0.2) is 5.78 Å². The summed E-state index contributed by atoms with van der Waals surface area (Å²) in [6.45, 7) is 5.45. The van der Waals surface area contributed by atoms with Crippen LogP contribution in [0.2, 0.25) is 0 Å². The largest absolute Gasteiger partial charge is 0.496 e. The summed E-state index contributed by atoms with van der Waals surface area (Å²) >= 11 is 4.59. The molecule has 0 saturated carbocycles. The molecule has 0 aliphatic carbocycles. The molecule has 0 heterocycles. The van der Waals surface area contributed by atoms with Crippen LogP contribution in [0.1, 0.15) is 31.1 Å². The van der Waals surface area contributed by atoms with Crippen molar-refractivity contribution in [3.8, 4) is 5.75 Å². The Morgan fingerprint density at radius 3 is 2.43 bits per heavy atom. The van der Waals surface area contributed by atoms with Crippen molar-refractivity contribution in [2.45, 2.75) is 26.4 Å². The van der Waals surface area contributed by atoms with E-state index in [2.05, 4.69) is 15.9 Å². The summed E-state index contributed by atoms with van der Waals surface area (Å²) in [5.74, 6) is 0.731. The molecular formula is C15H19BrO4S. The van der Waals surface area contributed by atoms with E-state index in [0.29, 0.717) is 11.3 Å². The van der Waals surface area contributed by atoms with Crippen LogP contribution < -0.4 is 4.74 Å². The van der Waals surface area contributed by atoms with E-state index < -0.39 is 5.60 Å². The van der Waals surface area contributed by atoms with Crippen molar-refractivity contribution in [1.82, 2.24) is 0 Å². The number of hydrogen-bond acceptors (Lipinski definition) is 5. The zero-order chi connectivity index (χ0) is 16.0. The number of Topliss-reactive ketones (excluding diaryl/α,β-unsaturated/α-hetero) is 1. The predicted octanol–water partition coefficient (Wildman–Crippen LogP) is 3.72. The van der Waals surface area contributed by atoms with Gasteiger partial charge in [-0.1, -0.05) is 0 Å². The molecular weight excluding hydrogens is 356 g/mol. The van der Waals surface area contributed by atoms with Gasteiger partial charge >= 0.3 is 5.97 Å². The molecule has 0 unspecified atom stereocenters. The Balaban J connectivity index is 2.47. The smallest absolute Gasteiger partial charge is 0.316 e. The summed E-state index contributed by atoms with van der Waals surface area (Å²) in [4.78, 5) is 23.6. The van der Waals surface area contributed by atoms with Gasteiger partial charge in [0.1, 0.15) is 11.4 Å². The molecule has 0 saturated heterocycles. The average molecular weight is 375 g/mol. The minimum Gasteiger partial charge on any atom is -0.496 e. The van der Waals surface area contributed by atoms with Crippen molar-refractivity contribution in [3.63, 3.8) is 0 Å². The molecule has 4 nitrogen and oxygen atoms in total. The summed E-state index contributed by atoms with van der Waals surface area (Å²) < 4.78 is 11.0. The molecule has 0 bridgehead atoms. The molecule has 0 amide bonds. The van der Waals surface area contributed by atoms with Crippen LogP contribution in [0, 0.1) is 0 Å². The molecule has 1 aromatic carbocycles. The van der Waals surface area contributed by atoms with Gasteiger partial charge in [0.2, 0.25) is 0 Å². The predicted molar refractivity (Wildman–Crippen MR) is 88.2 cm³/mol. The van der Waals surface area contributed by atoms with Gasteiger partial charge in [-0.15, -0.1) is 11.8 Å². The Hall–Kier alpha value is -1.01. The number of carbonyl (C=O) groups is 2. The topological polar surface area (TPSA) is 52.6 Å². The molecule has 6 heteroatoms. The van der Waals surface area contributed by atoms with Crippen LogP contribution >= 0.6 is 27.7 Å². The number of carbonyl (C=O) groups excluding carboxylic acids is 2. The Morgan fingerprint density at radius 2 is 1.90 bits per heavy atom. The number of ether oxygens (including phenoxy) is 2. The number of methoxy groups -OCH3 is 1. The number of halogens is 1. The SMILES string of the molecule is COc1ccc(C(=O)CSCC(=O)OC(C)(C)C)cc1Br. The molecule has 1 rings (SSSR count). The summed E-state index contributed by atoms with van der Waals surface area (Å²) in [7, 11) is 1.57. The number of ketones is 1. The first kappa shape index (κ1) is 18.0. The highest BCUT2D eigenvalue weighted by molar-refractivity contribution is 9.10. The molecule has 0 aliphatic heterocycles. The molecule has 0 fully saturated rings. The highest BCUT2D eigenvalue weighted by atomic mass is 79.9. The second kappa shape index (κ2) is 7.84. The third kappa shape index (κ3) is 6.52. The highest BCUT2D eigenvalue weighted by Gasteiger charge is 2.17. The second-order valence-electron chi connectivity index (χ2n) is 5.35. The van der Waals surface area contributed by atoms with E-state index in [1.807, 2.05) is 20.8 Å². The molecule has 116 valence electrons. The van der Waals surface area contributed by atoms with Crippen LogP contribution in [-0.2, 0) is 9.53 Å². The Labute approximate surface area is 137 Å². The fraction of sp³-hybridized carbons (Fsp3) is 0.467. The number of thioether (sulfide) groups is 1. The van der Waals surface area contributed by atoms with E-state index in [9.17, 15) is 9.59 Å². The summed E-state index contributed by atoms with van der Waals surface area (Å²) in [6, 6.07) is 5.16. The first-order valence-electron chi connectivity index (χ1n) is 6.39. The molecule has 0 N–H and O–H groups in total. The molecule has 0 aliphatic rings. The second-order valence-corrected chi connectivity index (χ2v) is 7.19. The zero-order valence-electron chi connectivity index (χ0n) is 12.6. The van der Waals surface area contributed by atoms with Crippen LogP contribution in [0.15, 0.2) is 22.7 Å². The first-order valence-corrected chi connectivity index (χ1v) is 8.34. The quantitative estimate of drug-likeness (QED) is 0.560. The molecule has 0 spiro atoms. The molecule has 21 heavy (non-hydrogen) atoms. The fourth-order valence-corrected chi connectivity index (χ4v) is 2.74. The van der Waals surface area contributed by atoms with Gasteiger partial charge in [0.25, 0.3) is 0 Å². The van der Waals surface area contributed by atoms with E-state index in [1.165, 1.54) is 11.8 Å². The van der Waals surface area contributed by atoms with Crippen molar-refractivity contribution >= 4 is 39.4 Å². The van der Waals surface area contributed by atoms with Crippen LogP contribution in [0.5, 0.6) is 5.75 Å². The summed E-state index contributed by atoms with van der Waals surface area (Å²) in [5.41, 5.74) is 0.0852. The lowest BCUT2D eigenvalue weighted by molar-refractivity contribution is -0.151. The lowest BCUT2D eigenvalue weighted by atomic mass is 10.1. The maximum Gasteiger partial charge on any atom is 0.316 e. The van der Waals surface area contributed by atoms with Gasteiger partial charge in [-0.05, 0) is 54.9 Å². The van der Waals surface area contributed by atoms with Gasteiger partial charge in [-0.3, -0.25) is 9.59 Å². The van der Waals surface area contributed by atoms with Crippen molar-refractivity contribution in [1.29, 1.82) is 0 Å². The van der Waals surface area contributed by atoms with E-state index in [4.69, 9.17) is 9.47 Å². The van der Waals surface area contributed by atoms with Crippen molar-refractivity contribution in [3.05, 3.63) is 28.2 Å².